The van der Waals surface area contributed by atoms with Gasteiger partial charge in [-0.3, -0.25) is 9.59 Å². The van der Waals surface area contributed by atoms with Crippen LogP contribution in [0.5, 0.6) is 5.75 Å². The zero-order valence-electron chi connectivity index (χ0n) is 29.8. The van der Waals surface area contributed by atoms with Gasteiger partial charge in [0.1, 0.15) is 5.75 Å². The number of thiophene rings is 1. The number of ether oxygens (including phenoxy) is 1. The van der Waals surface area contributed by atoms with Gasteiger partial charge in [0.15, 0.2) is 11.6 Å². The summed E-state index contributed by atoms with van der Waals surface area (Å²) in [6.45, 7) is 12.5. The van der Waals surface area contributed by atoms with Crippen molar-refractivity contribution in [1.82, 2.24) is 14.9 Å². The molecule has 3 heterocycles. The van der Waals surface area contributed by atoms with Crippen LogP contribution in [0, 0.1) is 5.92 Å². The lowest BCUT2D eigenvalue weighted by molar-refractivity contribution is -0.134. The molecule has 1 saturated heterocycles. The van der Waals surface area contributed by atoms with Crippen LogP contribution >= 0.6 is 11.3 Å². The van der Waals surface area contributed by atoms with E-state index in [0.29, 0.717) is 30.2 Å². The van der Waals surface area contributed by atoms with Gasteiger partial charge in [0.2, 0.25) is 5.91 Å². The van der Waals surface area contributed by atoms with Crippen LogP contribution < -0.4 is 10.5 Å². The zero-order valence-corrected chi connectivity index (χ0v) is 30.7. The number of carbonyl (C=O) groups excluding carboxylic acids is 2. The summed E-state index contributed by atoms with van der Waals surface area (Å²) >= 11 is 1.53. The molecule has 0 saturated carbocycles. The highest BCUT2D eigenvalue weighted by molar-refractivity contribution is 7.14. The molecule has 0 bridgehead atoms. The third-order valence-corrected chi connectivity index (χ3v) is 10.8. The van der Waals surface area contributed by atoms with Crippen molar-refractivity contribution in [2.75, 3.05) is 19.7 Å². The van der Waals surface area contributed by atoms with Crippen LogP contribution in [0.15, 0.2) is 73.1 Å². The maximum Gasteiger partial charge on any atom is 0.226 e. The number of carbonyl (C=O) groups is 2. The highest BCUT2D eigenvalue weighted by Crippen LogP contribution is 2.32. The molecule has 2 aromatic heterocycles. The number of aromatic nitrogens is 2. The molecule has 0 spiro atoms. The number of nitrogens with zero attached hydrogens (tertiary/aromatic N) is 3. The van der Waals surface area contributed by atoms with Crippen molar-refractivity contribution in [3.63, 3.8) is 0 Å². The molecule has 4 aromatic rings. The second-order valence-corrected chi connectivity index (χ2v) is 16.0. The van der Waals surface area contributed by atoms with Gasteiger partial charge in [-0.1, -0.05) is 89.8 Å². The molecule has 49 heavy (non-hydrogen) atoms. The Balaban J connectivity index is 1.23. The van der Waals surface area contributed by atoms with Gasteiger partial charge in [-0.05, 0) is 67.0 Å². The summed E-state index contributed by atoms with van der Waals surface area (Å²) in [6, 6.07) is 20.0. The first kappa shape index (κ1) is 36.4. The van der Waals surface area contributed by atoms with Crippen LogP contribution in [-0.4, -0.2) is 51.8 Å². The Morgan fingerprint density at radius 2 is 1.59 bits per heavy atom. The van der Waals surface area contributed by atoms with E-state index in [-0.39, 0.29) is 23.5 Å². The number of benzene rings is 2. The fraction of sp³-hybridized carbons (Fsp3) is 0.463. The molecule has 2 aromatic carbocycles. The highest BCUT2D eigenvalue weighted by atomic mass is 32.1. The first-order chi connectivity index (χ1) is 23.4. The number of hydrogen-bond acceptors (Lipinski definition) is 7. The number of rotatable bonds is 15. The zero-order chi connectivity index (χ0) is 35.0. The molecule has 5 rings (SSSR count). The molecule has 1 amide bonds. The molecule has 0 aliphatic carbocycles. The van der Waals surface area contributed by atoms with E-state index in [0.717, 1.165) is 52.3 Å². The predicted octanol–water partition coefficient (Wildman–Crippen LogP) is 8.90. The molecular formula is C41H52N4O3S. The summed E-state index contributed by atoms with van der Waals surface area (Å²) in [7, 11) is 0. The van der Waals surface area contributed by atoms with Gasteiger partial charge < -0.3 is 15.4 Å². The highest BCUT2D eigenvalue weighted by Gasteiger charge is 2.36. The van der Waals surface area contributed by atoms with Crippen molar-refractivity contribution in [1.29, 1.82) is 0 Å². The van der Waals surface area contributed by atoms with E-state index in [9.17, 15) is 9.59 Å². The summed E-state index contributed by atoms with van der Waals surface area (Å²) in [5.41, 5.74) is 9.80. The van der Waals surface area contributed by atoms with E-state index >= 15 is 0 Å². The summed E-state index contributed by atoms with van der Waals surface area (Å²) < 4.78 is 5.91. The average molecular weight is 681 g/mol. The van der Waals surface area contributed by atoms with Crippen LogP contribution in [0.25, 0.3) is 22.5 Å². The third kappa shape index (κ3) is 10.1. The fourth-order valence-corrected chi connectivity index (χ4v) is 7.25. The Labute approximate surface area is 296 Å². The molecule has 2 N–H and O–H groups in total. The number of ketones is 1. The summed E-state index contributed by atoms with van der Waals surface area (Å²) in [5, 5.41) is 0. The van der Waals surface area contributed by atoms with E-state index < -0.39 is 11.5 Å². The Bertz CT molecular complexity index is 1670. The molecule has 1 aliphatic rings. The molecule has 1 unspecified atom stereocenters. The Morgan fingerprint density at radius 3 is 2.20 bits per heavy atom. The molecule has 2 atom stereocenters. The van der Waals surface area contributed by atoms with Crippen molar-refractivity contribution >= 4 is 23.0 Å². The van der Waals surface area contributed by atoms with Gasteiger partial charge in [-0.2, -0.15) is 0 Å². The first-order valence-electron chi connectivity index (χ1n) is 17.8. The molecular weight excluding hydrogens is 629 g/mol. The van der Waals surface area contributed by atoms with Gasteiger partial charge in [0.05, 0.1) is 11.5 Å². The van der Waals surface area contributed by atoms with Crippen LogP contribution in [0.1, 0.15) is 99.7 Å². The summed E-state index contributed by atoms with van der Waals surface area (Å²) in [5.74, 6) is 1.06. The first-order valence-corrected chi connectivity index (χ1v) is 18.6. The van der Waals surface area contributed by atoms with Crippen LogP contribution in [0.3, 0.4) is 0 Å². The SMILES string of the molecule is CCCCCCCOc1ccc(-c2cnc(-c3ccc(C[C@H](CC(=O)c4ccc(C(C)(C)C)s4)C(=O)N4CCC(C)(N)C4)cc3)nc2)cc1. The van der Waals surface area contributed by atoms with Crippen LogP contribution in [0.2, 0.25) is 0 Å². The molecule has 7 nitrogen and oxygen atoms in total. The number of Topliss-reactive ketones (excluding diaryl/α,β-unsaturated/α-hetero) is 1. The second-order valence-electron chi connectivity index (χ2n) is 14.9. The monoisotopic (exact) mass is 680 g/mol. The topological polar surface area (TPSA) is 98.4 Å². The number of likely N-dealkylation sites (tertiary alicyclic amines) is 1. The van der Waals surface area contributed by atoms with Gasteiger partial charge in [0, 0.05) is 59.4 Å². The summed E-state index contributed by atoms with van der Waals surface area (Å²) in [6.07, 6.45) is 11.2. The second kappa shape index (κ2) is 16.2. The molecule has 260 valence electrons. The lowest BCUT2D eigenvalue weighted by atomic mass is 9.91. The quantitative estimate of drug-likeness (QED) is 0.0995. The normalized spacial score (nSPS) is 16.9. The van der Waals surface area contributed by atoms with E-state index in [2.05, 4.69) is 37.7 Å². The molecule has 1 fully saturated rings. The minimum atomic E-state index is -0.467. The Kier molecular flexibility index (Phi) is 12.0. The van der Waals surface area contributed by atoms with Crippen LogP contribution in [-0.2, 0) is 16.6 Å². The van der Waals surface area contributed by atoms with E-state index in [4.69, 9.17) is 10.5 Å². The van der Waals surface area contributed by atoms with Crippen molar-refractivity contribution in [2.24, 2.45) is 11.7 Å². The minimum Gasteiger partial charge on any atom is -0.494 e. The predicted molar refractivity (Wildman–Crippen MR) is 200 cm³/mol. The Hall–Kier alpha value is -3.88. The van der Waals surface area contributed by atoms with Gasteiger partial charge in [-0.15, -0.1) is 11.3 Å². The largest absolute Gasteiger partial charge is 0.494 e. The lowest BCUT2D eigenvalue weighted by Gasteiger charge is -2.25. The van der Waals surface area contributed by atoms with E-state index in [1.807, 2.05) is 84.9 Å². The van der Waals surface area contributed by atoms with E-state index in [1.54, 1.807) is 0 Å². The number of unbranched alkanes of at least 4 members (excludes halogenated alkanes) is 4. The average Bonchev–Trinajstić information content (AvgIpc) is 3.74. The van der Waals surface area contributed by atoms with Gasteiger partial charge >= 0.3 is 0 Å². The van der Waals surface area contributed by atoms with E-state index in [1.165, 1.54) is 37.0 Å². The molecule has 0 radical (unpaired) electrons. The standard InChI is InChI=1S/C41H52N4O3S/c1-6-7-8-9-10-23-48-34-17-15-30(16-18-34)33-26-43-38(44-27-33)31-13-11-29(12-14-31)24-32(39(47)45-22-21-41(5,42)28-45)25-35(46)36-19-20-37(49-36)40(2,3)4/h11-20,26-27,32H,6-10,21-25,28,42H2,1-5H3/t32-,41?/m1/s1. The van der Waals surface area contributed by atoms with Gasteiger partial charge in [-0.25, -0.2) is 9.97 Å². The Morgan fingerprint density at radius 1 is 0.918 bits per heavy atom. The lowest BCUT2D eigenvalue weighted by Crippen LogP contribution is -2.43. The number of amides is 1. The van der Waals surface area contributed by atoms with Crippen molar-refractivity contribution in [3.05, 3.63) is 88.4 Å². The number of hydrogen-bond donors (Lipinski definition) is 1. The smallest absolute Gasteiger partial charge is 0.226 e. The summed E-state index contributed by atoms with van der Waals surface area (Å²) in [4.78, 5) is 40.3. The maximum absolute atomic E-state index is 13.8. The van der Waals surface area contributed by atoms with Crippen molar-refractivity contribution in [2.45, 2.75) is 96.9 Å². The van der Waals surface area contributed by atoms with Crippen molar-refractivity contribution in [3.8, 4) is 28.3 Å². The third-order valence-electron chi connectivity index (χ3n) is 9.27. The van der Waals surface area contributed by atoms with Gasteiger partial charge in [0.25, 0.3) is 0 Å². The van der Waals surface area contributed by atoms with Crippen molar-refractivity contribution < 1.29 is 14.3 Å². The minimum absolute atomic E-state index is 0.000119. The fourth-order valence-electron chi connectivity index (χ4n) is 6.23. The maximum atomic E-state index is 13.8. The molecule has 1 aliphatic heterocycles. The molecule has 8 heteroatoms. The number of nitrogens with two attached hydrogens (primary N) is 1. The van der Waals surface area contributed by atoms with Crippen LogP contribution in [0.4, 0.5) is 0 Å².